The maximum atomic E-state index is 6.08. The third-order valence-corrected chi connectivity index (χ3v) is 4.42. The van der Waals surface area contributed by atoms with Gasteiger partial charge in [0, 0.05) is 23.7 Å². The fourth-order valence-corrected chi connectivity index (χ4v) is 2.81. The van der Waals surface area contributed by atoms with Crippen LogP contribution in [-0.4, -0.2) is 24.5 Å². The summed E-state index contributed by atoms with van der Waals surface area (Å²) in [6.07, 6.45) is 6.36. The molecule has 0 saturated carbocycles. The van der Waals surface area contributed by atoms with Gasteiger partial charge in [-0.1, -0.05) is 56.3 Å². The van der Waals surface area contributed by atoms with Crippen LogP contribution >= 0.6 is 11.6 Å². The van der Waals surface area contributed by atoms with E-state index in [9.17, 15) is 0 Å². The van der Waals surface area contributed by atoms with E-state index in [1.807, 2.05) is 18.2 Å². The van der Waals surface area contributed by atoms with Crippen LogP contribution in [0.3, 0.4) is 0 Å². The molecule has 3 heteroatoms. The number of hydrogen-bond donors (Lipinski definition) is 1. The van der Waals surface area contributed by atoms with Crippen molar-refractivity contribution in [3.8, 4) is 0 Å². The van der Waals surface area contributed by atoms with Crippen LogP contribution in [0, 0.1) is 0 Å². The van der Waals surface area contributed by atoms with Gasteiger partial charge >= 0.3 is 0 Å². The summed E-state index contributed by atoms with van der Waals surface area (Å²) < 4.78 is 0. The van der Waals surface area contributed by atoms with Gasteiger partial charge in [0.1, 0.15) is 0 Å². The van der Waals surface area contributed by atoms with Gasteiger partial charge in [-0.2, -0.15) is 0 Å². The first-order chi connectivity index (χ1) is 9.60. The lowest BCUT2D eigenvalue weighted by Gasteiger charge is -2.33. The summed E-state index contributed by atoms with van der Waals surface area (Å²) in [5, 5.41) is 0.801. The summed E-state index contributed by atoms with van der Waals surface area (Å²) in [7, 11) is 2.17. The Hall–Kier alpha value is -0.570. The van der Waals surface area contributed by atoms with Gasteiger partial charge in [-0.05, 0) is 38.1 Å². The molecule has 0 aliphatic rings. The van der Waals surface area contributed by atoms with Crippen molar-refractivity contribution in [3.05, 3.63) is 34.9 Å². The van der Waals surface area contributed by atoms with Gasteiger partial charge in [-0.25, -0.2) is 0 Å². The van der Waals surface area contributed by atoms with E-state index in [1.54, 1.807) is 0 Å². The number of rotatable bonds is 9. The summed E-state index contributed by atoms with van der Waals surface area (Å²) >= 11 is 6.08. The van der Waals surface area contributed by atoms with Crippen molar-refractivity contribution in [1.29, 1.82) is 0 Å². The summed E-state index contributed by atoms with van der Waals surface area (Å²) in [6, 6.07) is 8.91. The van der Waals surface area contributed by atoms with Gasteiger partial charge in [0.2, 0.25) is 0 Å². The van der Waals surface area contributed by atoms with Crippen LogP contribution in [-0.2, 0) is 0 Å². The highest BCUT2D eigenvalue weighted by atomic mass is 35.5. The second kappa shape index (κ2) is 9.38. The fourth-order valence-electron chi connectivity index (χ4n) is 2.61. The minimum atomic E-state index is 0.341. The number of unbranched alkanes of at least 4 members (excludes halogenated alkanes) is 3. The fraction of sp³-hybridized carbons (Fsp3) is 0.647. The first-order valence-corrected chi connectivity index (χ1v) is 8.15. The zero-order valence-corrected chi connectivity index (χ0v) is 13.9. The lowest BCUT2D eigenvalue weighted by atomic mass is 10.0. The molecule has 1 aromatic rings. The molecule has 0 aliphatic carbocycles. The van der Waals surface area contributed by atoms with Gasteiger partial charge in [0.25, 0.3) is 0 Å². The van der Waals surface area contributed by atoms with Crippen LogP contribution in [0.25, 0.3) is 0 Å². The normalized spacial score (nSPS) is 14.5. The average molecular weight is 297 g/mol. The first kappa shape index (κ1) is 17.5. The number of hydrogen-bond acceptors (Lipinski definition) is 2. The summed E-state index contributed by atoms with van der Waals surface area (Å²) in [4.78, 5) is 2.39. The standard InChI is InChI=1S/C17H29ClN2/c1-4-5-6-7-11-17(13-19)20(3)14(2)15-9-8-10-16(18)12-15/h8-10,12,14,17H,4-7,11,13,19H2,1-3H3. The van der Waals surface area contributed by atoms with Crippen LogP contribution in [0.1, 0.15) is 57.6 Å². The van der Waals surface area contributed by atoms with Crippen molar-refractivity contribution in [2.75, 3.05) is 13.6 Å². The molecule has 2 atom stereocenters. The Morgan fingerprint density at radius 3 is 2.60 bits per heavy atom. The zero-order valence-electron chi connectivity index (χ0n) is 13.1. The van der Waals surface area contributed by atoms with Crippen molar-refractivity contribution in [2.24, 2.45) is 5.73 Å². The van der Waals surface area contributed by atoms with Gasteiger partial charge in [-0.15, -0.1) is 0 Å². The Kier molecular flexibility index (Phi) is 8.20. The third-order valence-electron chi connectivity index (χ3n) is 4.18. The number of likely N-dealkylation sites (N-methyl/N-ethyl adjacent to an activating group) is 1. The van der Waals surface area contributed by atoms with Crippen molar-refractivity contribution in [3.63, 3.8) is 0 Å². The van der Waals surface area contributed by atoms with Crippen molar-refractivity contribution < 1.29 is 0 Å². The first-order valence-electron chi connectivity index (χ1n) is 7.77. The summed E-state index contributed by atoms with van der Waals surface area (Å²) in [6.45, 7) is 5.18. The Labute approximate surface area is 129 Å². The Bertz CT molecular complexity index is 381. The van der Waals surface area contributed by atoms with Crippen LogP contribution in [0.5, 0.6) is 0 Å². The molecule has 1 aromatic carbocycles. The number of nitrogens with two attached hydrogens (primary N) is 1. The lowest BCUT2D eigenvalue weighted by molar-refractivity contribution is 0.177. The molecule has 0 aliphatic heterocycles. The Morgan fingerprint density at radius 2 is 2.00 bits per heavy atom. The highest BCUT2D eigenvalue weighted by Gasteiger charge is 2.19. The van der Waals surface area contributed by atoms with E-state index in [0.29, 0.717) is 18.6 Å². The second-order valence-electron chi connectivity index (χ2n) is 5.64. The second-order valence-corrected chi connectivity index (χ2v) is 6.07. The van der Waals surface area contributed by atoms with Gasteiger partial charge < -0.3 is 5.73 Å². The monoisotopic (exact) mass is 296 g/mol. The molecule has 114 valence electrons. The number of halogens is 1. The maximum absolute atomic E-state index is 6.08. The van der Waals surface area contributed by atoms with Crippen LogP contribution < -0.4 is 5.73 Å². The Morgan fingerprint density at radius 1 is 1.25 bits per heavy atom. The van der Waals surface area contributed by atoms with E-state index in [-0.39, 0.29) is 0 Å². The lowest BCUT2D eigenvalue weighted by Crippen LogP contribution is -2.39. The number of benzene rings is 1. The maximum Gasteiger partial charge on any atom is 0.0409 e. The van der Waals surface area contributed by atoms with E-state index in [1.165, 1.54) is 37.7 Å². The van der Waals surface area contributed by atoms with Gasteiger partial charge in [0.05, 0.1) is 0 Å². The molecular weight excluding hydrogens is 268 g/mol. The molecule has 0 amide bonds. The van der Waals surface area contributed by atoms with Crippen molar-refractivity contribution >= 4 is 11.6 Å². The molecule has 0 bridgehead atoms. The minimum Gasteiger partial charge on any atom is -0.329 e. The van der Waals surface area contributed by atoms with Gasteiger partial charge in [-0.3, -0.25) is 4.90 Å². The molecule has 20 heavy (non-hydrogen) atoms. The molecule has 2 N–H and O–H groups in total. The van der Waals surface area contributed by atoms with Crippen LogP contribution in [0.15, 0.2) is 24.3 Å². The Balaban J connectivity index is 2.58. The molecule has 2 unspecified atom stereocenters. The minimum absolute atomic E-state index is 0.341. The molecule has 2 nitrogen and oxygen atoms in total. The van der Waals surface area contributed by atoms with Crippen LogP contribution in [0.2, 0.25) is 5.02 Å². The van der Waals surface area contributed by atoms with E-state index >= 15 is 0 Å². The third kappa shape index (κ3) is 5.43. The van der Waals surface area contributed by atoms with E-state index in [2.05, 4.69) is 31.9 Å². The van der Waals surface area contributed by atoms with E-state index in [4.69, 9.17) is 17.3 Å². The molecule has 0 saturated heterocycles. The van der Waals surface area contributed by atoms with Crippen molar-refractivity contribution in [2.45, 2.75) is 58.0 Å². The quantitative estimate of drug-likeness (QED) is 0.673. The zero-order chi connectivity index (χ0) is 15.0. The van der Waals surface area contributed by atoms with E-state index in [0.717, 1.165) is 5.02 Å². The van der Waals surface area contributed by atoms with Crippen molar-refractivity contribution in [1.82, 2.24) is 4.90 Å². The molecule has 0 heterocycles. The highest BCUT2D eigenvalue weighted by molar-refractivity contribution is 6.30. The molecule has 0 aromatic heterocycles. The molecular formula is C17H29ClN2. The molecule has 0 radical (unpaired) electrons. The summed E-state index contributed by atoms with van der Waals surface area (Å²) in [5.41, 5.74) is 7.22. The van der Waals surface area contributed by atoms with E-state index < -0.39 is 0 Å². The molecule has 1 rings (SSSR count). The molecule has 0 spiro atoms. The average Bonchev–Trinajstić information content (AvgIpc) is 2.46. The topological polar surface area (TPSA) is 29.3 Å². The highest BCUT2D eigenvalue weighted by Crippen LogP contribution is 2.24. The van der Waals surface area contributed by atoms with Gasteiger partial charge in [0.15, 0.2) is 0 Å². The molecule has 0 fully saturated rings. The smallest absolute Gasteiger partial charge is 0.0409 e. The SMILES string of the molecule is CCCCCCC(CN)N(C)C(C)c1cccc(Cl)c1. The largest absolute Gasteiger partial charge is 0.329 e. The summed E-state index contributed by atoms with van der Waals surface area (Å²) in [5.74, 6) is 0. The predicted molar refractivity (Wildman–Crippen MR) is 89.2 cm³/mol. The number of nitrogens with zero attached hydrogens (tertiary/aromatic N) is 1. The van der Waals surface area contributed by atoms with Crippen LogP contribution in [0.4, 0.5) is 0 Å². The predicted octanol–water partition coefficient (Wildman–Crippen LogP) is 4.63.